The first-order valence-electron chi connectivity index (χ1n) is 8.24. The molecule has 0 unspecified atom stereocenters. The molecule has 3 aliphatic rings. The second-order valence-corrected chi connectivity index (χ2v) is 7.72. The van der Waals surface area contributed by atoms with Gasteiger partial charge in [-0.25, -0.2) is 9.78 Å². The molecule has 4 nitrogen and oxygen atoms in total. The van der Waals surface area contributed by atoms with E-state index in [4.69, 9.17) is 4.98 Å². The Kier molecular flexibility index (Phi) is 3.40. The molecule has 0 radical (unpaired) electrons. The summed E-state index contributed by atoms with van der Waals surface area (Å²) in [5.74, 6) is 0.417. The second-order valence-electron chi connectivity index (χ2n) is 6.74. The Balaban J connectivity index is 1.65. The summed E-state index contributed by atoms with van der Waals surface area (Å²) in [7, 11) is 0. The molecule has 21 heavy (non-hydrogen) atoms. The molecule has 114 valence electrons. The Hall–Kier alpha value is -1.10. The molecule has 1 N–H and O–H groups in total. The minimum Gasteiger partial charge on any atom is -0.477 e. The number of hydrogen-bond donors (Lipinski definition) is 1. The maximum absolute atomic E-state index is 11.5. The minimum absolute atomic E-state index is 0.410. The smallest absolute Gasteiger partial charge is 0.347 e. The van der Waals surface area contributed by atoms with Gasteiger partial charge in [-0.1, -0.05) is 24.2 Å². The van der Waals surface area contributed by atoms with Crippen LogP contribution in [0, 0.1) is 5.92 Å². The maximum Gasteiger partial charge on any atom is 0.347 e. The van der Waals surface area contributed by atoms with Gasteiger partial charge in [-0.2, -0.15) is 0 Å². The third-order valence-corrected chi connectivity index (χ3v) is 6.39. The number of aromatic nitrogens is 1. The van der Waals surface area contributed by atoms with Crippen molar-refractivity contribution in [3.8, 4) is 0 Å². The van der Waals surface area contributed by atoms with Crippen LogP contribution in [0.15, 0.2) is 0 Å². The standard InChI is InChI=1S/C16H22N2O2S/c19-15(20)14-13(11-7-8-11)17-16(21-14)18-9-3-5-10-4-1-2-6-12(10)18/h10-12H,1-9H2,(H,19,20)/t10-,12-/m1/s1. The zero-order valence-corrected chi connectivity index (χ0v) is 13.1. The van der Waals surface area contributed by atoms with Gasteiger partial charge in [-0.15, -0.1) is 0 Å². The van der Waals surface area contributed by atoms with Crippen LogP contribution < -0.4 is 4.90 Å². The van der Waals surface area contributed by atoms with E-state index in [1.165, 1.54) is 49.9 Å². The number of anilines is 1. The fraction of sp³-hybridized carbons (Fsp3) is 0.750. The Labute approximate surface area is 129 Å². The second kappa shape index (κ2) is 5.27. The van der Waals surface area contributed by atoms with E-state index in [9.17, 15) is 9.90 Å². The molecule has 2 aliphatic carbocycles. The molecular formula is C16H22N2O2S. The van der Waals surface area contributed by atoms with Crippen LogP contribution >= 0.6 is 11.3 Å². The number of carboxylic acids is 1. The molecule has 3 fully saturated rings. The highest BCUT2D eigenvalue weighted by atomic mass is 32.1. The van der Waals surface area contributed by atoms with Gasteiger partial charge in [0.05, 0.1) is 5.69 Å². The molecule has 0 aromatic carbocycles. The molecule has 2 heterocycles. The quantitative estimate of drug-likeness (QED) is 0.921. The molecule has 1 aromatic heterocycles. The summed E-state index contributed by atoms with van der Waals surface area (Å²) in [6, 6.07) is 0.604. The molecule has 4 rings (SSSR count). The average molecular weight is 306 g/mol. The van der Waals surface area contributed by atoms with E-state index >= 15 is 0 Å². The lowest BCUT2D eigenvalue weighted by Gasteiger charge is -2.44. The number of hydrogen-bond acceptors (Lipinski definition) is 4. The number of rotatable bonds is 3. The number of carboxylic acid groups (broad SMARTS) is 1. The summed E-state index contributed by atoms with van der Waals surface area (Å²) in [4.78, 5) is 19.2. The SMILES string of the molecule is O=C(O)c1sc(N2CCC[C@H]3CCCC[C@H]32)nc1C1CC1. The van der Waals surface area contributed by atoms with Crippen molar-refractivity contribution >= 4 is 22.4 Å². The summed E-state index contributed by atoms with van der Waals surface area (Å²) in [6.45, 7) is 1.05. The van der Waals surface area contributed by atoms with Crippen LogP contribution in [-0.4, -0.2) is 28.6 Å². The first-order valence-corrected chi connectivity index (χ1v) is 9.06. The fourth-order valence-electron chi connectivity index (χ4n) is 4.09. The molecule has 0 amide bonds. The number of piperidine rings is 1. The van der Waals surface area contributed by atoms with E-state index in [-0.39, 0.29) is 0 Å². The Bertz CT molecular complexity index is 550. The summed E-state index contributed by atoms with van der Waals surface area (Å²) in [5.41, 5.74) is 0.862. The Morgan fingerprint density at radius 3 is 2.67 bits per heavy atom. The van der Waals surface area contributed by atoms with Gasteiger partial charge in [0, 0.05) is 18.5 Å². The molecule has 1 aromatic rings. The molecule has 2 atom stereocenters. The van der Waals surface area contributed by atoms with Crippen molar-refractivity contribution in [1.29, 1.82) is 0 Å². The normalized spacial score (nSPS) is 29.2. The minimum atomic E-state index is -0.794. The third-order valence-electron chi connectivity index (χ3n) is 5.29. The van der Waals surface area contributed by atoms with E-state index in [1.807, 2.05) is 0 Å². The molecule has 1 aliphatic heterocycles. The van der Waals surface area contributed by atoms with Crippen molar-refractivity contribution in [3.05, 3.63) is 10.6 Å². The van der Waals surface area contributed by atoms with Gasteiger partial charge < -0.3 is 10.0 Å². The number of carbonyl (C=O) groups is 1. The molecule has 5 heteroatoms. The number of nitrogens with zero attached hydrogens (tertiary/aromatic N) is 2. The van der Waals surface area contributed by atoms with Crippen molar-refractivity contribution in [2.24, 2.45) is 5.92 Å². The summed E-state index contributed by atoms with van der Waals surface area (Å²) in [6.07, 6.45) is 10.0. The monoisotopic (exact) mass is 306 g/mol. The molecular weight excluding hydrogens is 284 g/mol. The van der Waals surface area contributed by atoms with Crippen molar-refractivity contribution in [2.45, 2.75) is 63.3 Å². The Morgan fingerprint density at radius 1 is 1.14 bits per heavy atom. The van der Waals surface area contributed by atoms with Gasteiger partial charge in [0.1, 0.15) is 4.88 Å². The van der Waals surface area contributed by atoms with Gasteiger partial charge >= 0.3 is 5.97 Å². The zero-order valence-electron chi connectivity index (χ0n) is 12.3. The van der Waals surface area contributed by atoms with Crippen LogP contribution in [0.1, 0.15) is 72.7 Å². The van der Waals surface area contributed by atoms with Crippen molar-refractivity contribution in [1.82, 2.24) is 4.98 Å². The predicted octanol–water partition coefficient (Wildman–Crippen LogP) is 3.88. The van der Waals surface area contributed by atoms with Crippen LogP contribution in [0.2, 0.25) is 0 Å². The van der Waals surface area contributed by atoms with Crippen molar-refractivity contribution in [3.63, 3.8) is 0 Å². The average Bonchev–Trinajstić information content (AvgIpc) is 3.25. The van der Waals surface area contributed by atoms with Crippen LogP contribution in [-0.2, 0) is 0 Å². The summed E-state index contributed by atoms with van der Waals surface area (Å²) in [5, 5.41) is 10.4. The Morgan fingerprint density at radius 2 is 1.90 bits per heavy atom. The van der Waals surface area contributed by atoms with E-state index < -0.39 is 5.97 Å². The van der Waals surface area contributed by atoms with E-state index in [0.717, 1.165) is 36.1 Å². The van der Waals surface area contributed by atoms with E-state index in [0.29, 0.717) is 16.8 Å². The topological polar surface area (TPSA) is 53.4 Å². The first-order chi connectivity index (χ1) is 10.2. The highest BCUT2D eigenvalue weighted by molar-refractivity contribution is 7.17. The molecule has 0 bridgehead atoms. The lowest BCUT2D eigenvalue weighted by molar-refractivity contribution is 0.0700. The zero-order chi connectivity index (χ0) is 14.4. The van der Waals surface area contributed by atoms with Gasteiger partial charge in [0.15, 0.2) is 5.13 Å². The van der Waals surface area contributed by atoms with Gasteiger partial charge in [0.2, 0.25) is 0 Å². The van der Waals surface area contributed by atoms with Crippen LogP contribution in [0.4, 0.5) is 5.13 Å². The van der Waals surface area contributed by atoms with Gasteiger partial charge in [-0.3, -0.25) is 0 Å². The molecule has 0 spiro atoms. The number of thiazole rings is 1. The summed E-state index contributed by atoms with van der Waals surface area (Å²) >= 11 is 1.41. The van der Waals surface area contributed by atoms with Crippen molar-refractivity contribution in [2.75, 3.05) is 11.4 Å². The number of fused-ring (bicyclic) bond motifs is 1. The molecule has 1 saturated heterocycles. The highest BCUT2D eigenvalue weighted by Crippen LogP contribution is 2.46. The third kappa shape index (κ3) is 2.45. The predicted molar refractivity (Wildman–Crippen MR) is 83.4 cm³/mol. The van der Waals surface area contributed by atoms with Crippen molar-refractivity contribution < 1.29 is 9.90 Å². The fourth-order valence-corrected chi connectivity index (χ4v) is 5.17. The largest absolute Gasteiger partial charge is 0.477 e. The van der Waals surface area contributed by atoms with Gasteiger partial charge in [-0.05, 0) is 44.4 Å². The number of aromatic carboxylic acids is 1. The van der Waals surface area contributed by atoms with Crippen LogP contribution in [0.25, 0.3) is 0 Å². The first kappa shape index (κ1) is 13.6. The lowest BCUT2D eigenvalue weighted by atomic mass is 9.78. The van der Waals surface area contributed by atoms with Crippen LogP contribution in [0.5, 0.6) is 0 Å². The van der Waals surface area contributed by atoms with Gasteiger partial charge in [0.25, 0.3) is 0 Å². The lowest BCUT2D eigenvalue weighted by Crippen LogP contribution is -2.46. The molecule has 2 saturated carbocycles. The maximum atomic E-state index is 11.5. The van der Waals surface area contributed by atoms with E-state index in [2.05, 4.69) is 4.90 Å². The highest BCUT2D eigenvalue weighted by Gasteiger charge is 2.37. The van der Waals surface area contributed by atoms with E-state index in [1.54, 1.807) is 0 Å². The summed E-state index contributed by atoms with van der Waals surface area (Å²) < 4.78 is 0. The van der Waals surface area contributed by atoms with Crippen LogP contribution in [0.3, 0.4) is 0 Å².